The van der Waals surface area contributed by atoms with Crippen LogP contribution < -0.4 is 4.74 Å². The Morgan fingerprint density at radius 3 is 1.27 bits per heavy atom. The second-order valence-electron chi connectivity index (χ2n) is 11.3. The molecule has 51 heavy (non-hydrogen) atoms. The van der Waals surface area contributed by atoms with E-state index in [1.165, 1.54) is 6.07 Å². The van der Waals surface area contributed by atoms with Crippen LogP contribution in [-0.4, -0.2) is 15.4 Å². The van der Waals surface area contributed by atoms with Crippen LogP contribution in [0, 0.1) is 11.6 Å². The van der Waals surface area contributed by atoms with Gasteiger partial charge in [0.2, 0.25) is 0 Å². The third kappa shape index (κ3) is 7.48. The van der Waals surface area contributed by atoms with E-state index >= 15 is 0 Å². The van der Waals surface area contributed by atoms with Crippen LogP contribution in [0.15, 0.2) is 133 Å². The molecule has 0 saturated heterocycles. The molecule has 0 amide bonds. The molecule has 0 spiro atoms. The summed E-state index contributed by atoms with van der Waals surface area (Å²) in [5.74, 6) is -0.228. The molecule has 0 aliphatic heterocycles. The molecule has 0 aromatic heterocycles. The zero-order chi connectivity index (χ0) is 36.2. The van der Waals surface area contributed by atoms with Gasteiger partial charge in [-0.2, -0.15) is 0 Å². The molecule has 0 aliphatic carbocycles. The third-order valence-corrected chi connectivity index (χ3v) is 9.02. The molecule has 1 N–H and O–H groups in total. The largest absolute Gasteiger partial charge is 0.507 e. The predicted molar refractivity (Wildman–Crippen MR) is 224 cm³/mol. The standard InChI is InChI=1S/C21H14ClFO.C20H12ClFO.BBr3/c1-24-21-16-10-5-3-8-14(16)13-7-2-4-9-15(13)19(21)17-11-6-12-18(22)20(17)23;21-17-11-5-10-16(19(17)22)18-14-8-3-1-6-12(14)13-7-2-4-9-15(13)20(18)23;2-1(3)4/h2-12H,1H3;1-11,23H;. The van der Waals surface area contributed by atoms with Gasteiger partial charge in [0.25, 0.3) is 0 Å². The van der Waals surface area contributed by atoms with Gasteiger partial charge in [-0.25, -0.2) is 8.78 Å². The van der Waals surface area contributed by atoms with Crippen molar-refractivity contribution in [3.05, 3.63) is 155 Å². The molecule has 8 aromatic rings. The summed E-state index contributed by atoms with van der Waals surface area (Å²) >= 11 is 21.3. The predicted octanol–water partition coefficient (Wildman–Crippen LogP) is 14.8. The van der Waals surface area contributed by atoms with Gasteiger partial charge >= 0.3 is 3.18 Å². The molecular formula is C41H26BBr3Cl2F2O2. The molecular weight excluding hydrogens is 884 g/mol. The Bertz CT molecular complexity index is 2550. The fraction of sp³-hybridized carbons (Fsp3) is 0.0244. The summed E-state index contributed by atoms with van der Waals surface area (Å²) in [6, 6.07) is 41.1. The van der Waals surface area contributed by atoms with Gasteiger partial charge in [0.05, 0.1) is 17.2 Å². The highest BCUT2D eigenvalue weighted by molar-refractivity contribution is 9.69. The van der Waals surface area contributed by atoms with E-state index in [1.807, 2.05) is 91.0 Å². The Kier molecular flexibility index (Phi) is 11.9. The van der Waals surface area contributed by atoms with Crippen molar-refractivity contribution >= 4 is 117 Å². The van der Waals surface area contributed by atoms with Gasteiger partial charge in [0.1, 0.15) is 23.1 Å². The lowest BCUT2D eigenvalue weighted by atomic mass is 9.92. The molecule has 0 aliphatic rings. The number of hydrogen-bond acceptors (Lipinski definition) is 2. The highest BCUT2D eigenvalue weighted by Crippen LogP contribution is 2.46. The van der Waals surface area contributed by atoms with Crippen LogP contribution in [-0.2, 0) is 0 Å². The molecule has 2 nitrogen and oxygen atoms in total. The van der Waals surface area contributed by atoms with Crippen LogP contribution in [0.1, 0.15) is 0 Å². The van der Waals surface area contributed by atoms with E-state index in [2.05, 4.69) is 53.3 Å². The lowest BCUT2D eigenvalue weighted by Gasteiger charge is -2.17. The fourth-order valence-corrected chi connectivity index (χ4v) is 6.73. The highest BCUT2D eigenvalue weighted by atomic mass is 79.9. The zero-order valence-electron chi connectivity index (χ0n) is 26.8. The Balaban J connectivity index is 0.000000159. The summed E-state index contributed by atoms with van der Waals surface area (Å²) < 4.78 is 35.3. The molecule has 0 unspecified atom stereocenters. The number of rotatable bonds is 3. The number of hydrogen-bond donors (Lipinski definition) is 1. The van der Waals surface area contributed by atoms with Gasteiger partial charge in [-0.05, 0) is 44.5 Å². The maximum absolute atomic E-state index is 14.7. The highest BCUT2D eigenvalue weighted by Gasteiger charge is 2.21. The summed E-state index contributed by atoms with van der Waals surface area (Å²) in [5.41, 5.74) is 1.95. The monoisotopic (exact) mass is 906 g/mol. The molecule has 0 saturated carbocycles. The molecule has 0 fully saturated rings. The first-order valence-corrected chi connectivity index (χ1v) is 19.0. The van der Waals surface area contributed by atoms with E-state index in [0.717, 1.165) is 43.3 Å². The smallest absolute Gasteiger partial charge is 0.369 e. The first-order chi connectivity index (χ1) is 24.6. The second kappa shape index (κ2) is 16.3. The van der Waals surface area contributed by atoms with Crippen molar-refractivity contribution in [2.75, 3.05) is 7.11 Å². The average molecular weight is 910 g/mol. The number of halogens is 7. The Hall–Kier alpha value is -3.66. The summed E-state index contributed by atoms with van der Waals surface area (Å²) in [6.07, 6.45) is 0. The number of phenolic OH excluding ortho intramolecular Hbond substituents is 1. The van der Waals surface area contributed by atoms with Crippen molar-refractivity contribution in [1.29, 1.82) is 0 Å². The Labute approximate surface area is 329 Å². The first-order valence-electron chi connectivity index (χ1n) is 15.5. The second-order valence-corrected chi connectivity index (χ2v) is 18.5. The first kappa shape index (κ1) is 37.1. The minimum atomic E-state index is -0.523. The van der Waals surface area contributed by atoms with E-state index in [1.54, 1.807) is 37.4 Å². The van der Waals surface area contributed by atoms with E-state index in [4.69, 9.17) is 27.9 Å². The molecule has 8 rings (SSSR count). The number of phenols is 1. The minimum absolute atomic E-state index is 0.0409. The van der Waals surface area contributed by atoms with Crippen molar-refractivity contribution in [3.63, 3.8) is 0 Å². The molecule has 10 heteroatoms. The maximum Gasteiger partial charge on any atom is 0.369 e. The topological polar surface area (TPSA) is 29.5 Å². The quantitative estimate of drug-likeness (QED) is 0.141. The van der Waals surface area contributed by atoms with Gasteiger partial charge in [-0.1, -0.05) is 145 Å². The molecule has 8 aromatic carbocycles. The van der Waals surface area contributed by atoms with Crippen LogP contribution in [0.3, 0.4) is 0 Å². The zero-order valence-corrected chi connectivity index (χ0v) is 33.1. The molecule has 0 heterocycles. The van der Waals surface area contributed by atoms with Gasteiger partial charge in [-0.15, -0.1) is 47.3 Å². The van der Waals surface area contributed by atoms with Gasteiger partial charge in [0, 0.05) is 33.0 Å². The van der Waals surface area contributed by atoms with Crippen molar-refractivity contribution in [3.8, 4) is 33.8 Å². The van der Waals surface area contributed by atoms with Crippen molar-refractivity contribution < 1.29 is 18.6 Å². The molecule has 254 valence electrons. The number of methoxy groups -OCH3 is 1. The summed E-state index contributed by atoms with van der Waals surface area (Å²) in [7, 11) is 1.61. The maximum atomic E-state index is 14.7. The van der Waals surface area contributed by atoms with Crippen molar-refractivity contribution in [1.82, 2.24) is 0 Å². The van der Waals surface area contributed by atoms with Gasteiger partial charge in [0.15, 0.2) is 0 Å². The van der Waals surface area contributed by atoms with Crippen LogP contribution in [0.25, 0.3) is 65.3 Å². The SMILES string of the molecule is BrB(Br)Br.COc1c(-c2cccc(Cl)c2F)c2ccccc2c2ccccc12.Oc1c(-c2cccc(Cl)c2F)c2ccccc2c2ccccc12. The van der Waals surface area contributed by atoms with Crippen molar-refractivity contribution in [2.45, 2.75) is 0 Å². The minimum Gasteiger partial charge on any atom is -0.507 e. The summed E-state index contributed by atoms with van der Waals surface area (Å²) in [5, 5.41) is 18.4. The fourth-order valence-electron chi connectivity index (χ4n) is 6.38. The normalized spacial score (nSPS) is 10.8. The molecule has 0 radical (unpaired) electrons. The van der Waals surface area contributed by atoms with Gasteiger partial charge < -0.3 is 9.84 Å². The number of ether oxygens (including phenoxy) is 1. The van der Waals surface area contributed by atoms with E-state index in [-0.39, 0.29) is 19.0 Å². The Morgan fingerprint density at radius 2 is 0.824 bits per heavy atom. The van der Waals surface area contributed by atoms with E-state index < -0.39 is 11.6 Å². The van der Waals surface area contributed by atoms with E-state index in [9.17, 15) is 13.9 Å². The van der Waals surface area contributed by atoms with Gasteiger partial charge in [-0.3, -0.25) is 0 Å². The van der Waals surface area contributed by atoms with Crippen LogP contribution in [0.2, 0.25) is 10.0 Å². The number of benzene rings is 8. The van der Waals surface area contributed by atoms with Crippen molar-refractivity contribution in [2.24, 2.45) is 0 Å². The van der Waals surface area contributed by atoms with Crippen LogP contribution >= 0.6 is 70.5 Å². The third-order valence-electron chi connectivity index (χ3n) is 8.44. The number of aromatic hydroxyl groups is 1. The average Bonchev–Trinajstić information content (AvgIpc) is 3.14. The summed E-state index contributed by atoms with van der Waals surface area (Å²) in [4.78, 5) is 0. The Morgan fingerprint density at radius 1 is 0.490 bits per heavy atom. The van der Waals surface area contributed by atoms with E-state index in [0.29, 0.717) is 27.8 Å². The van der Waals surface area contributed by atoms with Crippen LogP contribution in [0.4, 0.5) is 8.78 Å². The lowest BCUT2D eigenvalue weighted by molar-refractivity contribution is 0.421. The number of fused-ring (bicyclic) bond motifs is 6. The summed E-state index contributed by atoms with van der Waals surface area (Å²) in [6.45, 7) is 0. The molecule has 0 bridgehead atoms. The lowest BCUT2D eigenvalue weighted by Crippen LogP contribution is -1.95. The van der Waals surface area contributed by atoms with Crippen LogP contribution in [0.5, 0.6) is 11.5 Å². The molecule has 0 atom stereocenters.